The van der Waals surface area contributed by atoms with Crippen molar-refractivity contribution in [3.05, 3.63) is 5.21 Å². The first-order valence-corrected chi connectivity index (χ1v) is 2.03. The lowest BCUT2D eigenvalue weighted by Crippen LogP contribution is -2.59. The van der Waals surface area contributed by atoms with Crippen LogP contribution >= 0.6 is 0 Å². The quantitative estimate of drug-likeness (QED) is 0.179. The maximum atomic E-state index is 10.3. The first-order chi connectivity index (χ1) is 3.11. The molecule has 0 aromatic rings. The summed E-state index contributed by atoms with van der Waals surface area (Å²) in [5.41, 5.74) is 0. The highest BCUT2D eigenvalue weighted by Crippen LogP contribution is 2.06. The standard InChI is InChI=1S/C2H8N4O/c3-6(4,7)5-1-2-5/h1-4H2. The molecule has 1 heterocycles. The van der Waals surface area contributed by atoms with Gasteiger partial charge in [0.15, 0.2) is 0 Å². The Morgan fingerprint density at radius 2 is 1.86 bits per heavy atom. The smallest absolute Gasteiger partial charge is 0.0702 e. The average Bonchev–Trinajstić information content (AvgIpc) is 1.99. The summed E-state index contributed by atoms with van der Waals surface area (Å²) >= 11 is 0. The third-order valence-electron chi connectivity index (χ3n) is 0.866. The van der Waals surface area contributed by atoms with E-state index in [1.807, 2.05) is 0 Å². The lowest BCUT2D eigenvalue weighted by Gasteiger charge is -2.28. The number of hydrogen-bond acceptors (Lipinski definition) is 4. The summed E-state index contributed by atoms with van der Waals surface area (Å²) in [6, 6.07) is 0. The molecule has 1 aliphatic rings. The molecule has 0 spiro atoms. The van der Waals surface area contributed by atoms with Crippen molar-refractivity contribution >= 4 is 0 Å². The van der Waals surface area contributed by atoms with Crippen molar-refractivity contribution < 1.29 is 4.97 Å². The van der Waals surface area contributed by atoms with Crippen LogP contribution in [0, 0.1) is 5.21 Å². The first kappa shape index (κ1) is 4.95. The Kier molecular flexibility index (Phi) is 0.810. The van der Waals surface area contributed by atoms with Gasteiger partial charge in [-0.15, -0.1) is 21.7 Å². The molecule has 7 heavy (non-hydrogen) atoms. The minimum absolute atomic E-state index is 0.719. The lowest BCUT2D eigenvalue weighted by atomic mass is 11.0. The van der Waals surface area contributed by atoms with Crippen molar-refractivity contribution in [2.45, 2.75) is 0 Å². The largest absolute Gasteiger partial charge is 0.571 e. The van der Waals surface area contributed by atoms with E-state index in [0.717, 1.165) is 13.1 Å². The molecule has 0 aromatic heterocycles. The van der Waals surface area contributed by atoms with E-state index < -0.39 is 4.97 Å². The molecule has 0 atom stereocenters. The van der Waals surface area contributed by atoms with E-state index in [9.17, 15) is 5.21 Å². The van der Waals surface area contributed by atoms with E-state index in [4.69, 9.17) is 11.7 Å². The Hall–Kier alpha value is -0.200. The molecule has 0 unspecified atom stereocenters. The van der Waals surface area contributed by atoms with E-state index >= 15 is 0 Å². The van der Waals surface area contributed by atoms with Gasteiger partial charge < -0.3 is 5.21 Å². The molecule has 1 aliphatic heterocycles. The van der Waals surface area contributed by atoms with Gasteiger partial charge in [-0.25, -0.2) is 0 Å². The molecular formula is C2H8N4O. The Bertz CT molecular complexity index is 72.2. The molecular weight excluding hydrogens is 96.0 g/mol. The predicted octanol–water partition coefficient (Wildman–Crippen LogP) is -1.72. The molecule has 1 rings (SSSR count). The van der Waals surface area contributed by atoms with Crippen LogP contribution in [-0.4, -0.2) is 23.1 Å². The van der Waals surface area contributed by atoms with Gasteiger partial charge in [-0.2, -0.15) is 0 Å². The van der Waals surface area contributed by atoms with Crippen LogP contribution in [0.4, 0.5) is 0 Å². The molecule has 1 saturated heterocycles. The topological polar surface area (TPSA) is 78.1 Å². The number of nitrogens with zero attached hydrogens (tertiary/aromatic N) is 2. The summed E-state index contributed by atoms with van der Waals surface area (Å²) < 4.78 is 0. The maximum Gasteiger partial charge on any atom is 0.0702 e. The van der Waals surface area contributed by atoms with Gasteiger partial charge in [0, 0.05) is 0 Å². The van der Waals surface area contributed by atoms with Crippen LogP contribution in [0.1, 0.15) is 0 Å². The van der Waals surface area contributed by atoms with Gasteiger partial charge in [-0.3, -0.25) is 0 Å². The van der Waals surface area contributed by atoms with Gasteiger partial charge in [-0.1, -0.05) is 0 Å². The van der Waals surface area contributed by atoms with Crippen molar-refractivity contribution in [3.63, 3.8) is 0 Å². The van der Waals surface area contributed by atoms with Crippen molar-refractivity contribution in [1.29, 1.82) is 0 Å². The number of rotatable bonds is 1. The minimum atomic E-state index is -1.25. The molecule has 0 radical (unpaired) electrons. The van der Waals surface area contributed by atoms with Crippen LogP contribution in [0.25, 0.3) is 0 Å². The summed E-state index contributed by atoms with van der Waals surface area (Å²) in [7, 11) is 0. The number of nitrogens with two attached hydrogens (primary N) is 2. The SMILES string of the molecule is N[N+](N)([O-])N1CC1. The van der Waals surface area contributed by atoms with Crippen molar-refractivity contribution in [1.82, 2.24) is 5.01 Å². The fourth-order valence-electron chi connectivity index (χ4n) is 0.357. The van der Waals surface area contributed by atoms with Crippen LogP contribution in [0.2, 0.25) is 0 Å². The highest BCUT2D eigenvalue weighted by molar-refractivity contribution is 4.60. The maximum absolute atomic E-state index is 10.3. The fraction of sp³-hybridized carbons (Fsp3) is 1.00. The average molecular weight is 104 g/mol. The van der Waals surface area contributed by atoms with Gasteiger partial charge >= 0.3 is 0 Å². The van der Waals surface area contributed by atoms with Crippen molar-refractivity contribution in [3.8, 4) is 0 Å². The highest BCUT2D eigenvalue weighted by Gasteiger charge is 2.30. The molecule has 0 amide bonds. The zero-order valence-electron chi connectivity index (χ0n) is 3.87. The lowest BCUT2D eigenvalue weighted by molar-refractivity contribution is -0.996. The zero-order chi connectivity index (χ0) is 5.49. The molecule has 5 heteroatoms. The summed E-state index contributed by atoms with van der Waals surface area (Å²) in [6.07, 6.45) is 0. The van der Waals surface area contributed by atoms with Crippen molar-refractivity contribution in [2.24, 2.45) is 11.7 Å². The van der Waals surface area contributed by atoms with Gasteiger partial charge in [0.25, 0.3) is 0 Å². The van der Waals surface area contributed by atoms with Crippen molar-refractivity contribution in [2.75, 3.05) is 13.1 Å². The summed E-state index contributed by atoms with van der Waals surface area (Å²) in [6.45, 7) is 1.44. The predicted molar refractivity (Wildman–Crippen MR) is 23.6 cm³/mol. The Morgan fingerprint density at radius 3 is 1.86 bits per heavy atom. The van der Waals surface area contributed by atoms with Crippen LogP contribution in [0.5, 0.6) is 0 Å². The Labute approximate surface area is 41.2 Å². The van der Waals surface area contributed by atoms with Gasteiger partial charge in [0.1, 0.15) is 0 Å². The van der Waals surface area contributed by atoms with E-state index in [0.29, 0.717) is 0 Å². The molecule has 4 N–H and O–H groups in total. The number of quaternary nitrogens is 1. The second kappa shape index (κ2) is 1.15. The molecule has 0 aliphatic carbocycles. The van der Waals surface area contributed by atoms with Gasteiger partial charge in [-0.05, 0) is 0 Å². The van der Waals surface area contributed by atoms with Crippen LogP contribution in [0.15, 0.2) is 0 Å². The Morgan fingerprint density at radius 1 is 1.43 bits per heavy atom. The summed E-state index contributed by atoms with van der Waals surface area (Å²) in [5, 5.41) is 11.7. The fourth-order valence-corrected chi connectivity index (χ4v) is 0.357. The minimum Gasteiger partial charge on any atom is -0.571 e. The molecule has 42 valence electrons. The Balaban J connectivity index is 2.36. The molecule has 1 fully saturated rings. The van der Waals surface area contributed by atoms with Crippen LogP contribution in [-0.2, 0) is 0 Å². The van der Waals surface area contributed by atoms with E-state index in [-0.39, 0.29) is 0 Å². The second-order valence-corrected chi connectivity index (χ2v) is 1.63. The highest BCUT2D eigenvalue weighted by atomic mass is 16.7. The van der Waals surface area contributed by atoms with E-state index in [2.05, 4.69) is 0 Å². The molecule has 0 aromatic carbocycles. The normalized spacial score (nSPS) is 22.7. The van der Waals surface area contributed by atoms with E-state index in [1.54, 1.807) is 0 Å². The molecule has 0 bridgehead atoms. The van der Waals surface area contributed by atoms with Gasteiger partial charge in [0.2, 0.25) is 0 Å². The molecule has 0 saturated carbocycles. The van der Waals surface area contributed by atoms with Gasteiger partial charge in [0.05, 0.1) is 13.1 Å². The zero-order valence-corrected chi connectivity index (χ0v) is 3.87. The van der Waals surface area contributed by atoms with E-state index in [1.165, 1.54) is 5.01 Å². The summed E-state index contributed by atoms with van der Waals surface area (Å²) in [4.78, 5) is -1.25. The summed E-state index contributed by atoms with van der Waals surface area (Å²) in [5.74, 6) is 9.65. The third-order valence-corrected chi connectivity index (χ3v) is 0.866. The monoisotopic (exact) mass is 104 g/mol. The molecule has 5 nitrogen and oxygen atoms in total. The van der Waals surface area contributed by atoms with Crippen LogP contribution < -0.4 is 11.7 Å². The first-order valence-electron chi connectivity index (χ1n) is 2.03. The second-order valence-electron chi connectivity index (χ2n) is 1.63. The van der Waals surface area contributed by atoms with Crippen LogP contribution in [0.3, 0.4) is 0 Å². The number of hydrogen-bond donors (Lipinski definition) is 2. The third kappa shape index (κ3) is 1.08.